The van der Waals surface area contributed by atoms with Gasteiger partial charge in [-0.25, -0.2) is 4.79 Å². The number of hydrogen-bond acceptors (Lipinski definition) is 5. The Kier molecular flexibility index (Phi) is 7.19. The van der Waals surface area contributed by atoms with Crippen molar-refractivity contribution < 1.29 is 19.1 Å². The topological polar surface area (TPSA) is 107 Å². The molecular formula is C26H27N3O4. The lowest BCUT2D eigenvalue weighted by Crippen LogP contribution is -2.22. The van der Waals surface area contributed by atoms with Crippen LogP contribution >= 0.6 is 0 Å². The number of rotatable bonds is 8. The molecule has 0 aliphatic heterocycles. The fourth-order valence-electron chi connectivity index (χ4n) is 3.72. The van der Waals surface area contributed by atoms with Gasteiger partial charge in [0, 0.05) is 17.4 Å². The number of methoxy groups -OCH3 is 1. The molecule has 2 N–H and O–H groups in total. The quantitative estimate of drug-likeness (QED) is 0.512. The van der Waals surface area contributed by atoms with Crippen molar-refractivity contribution in [1.82, 2.24) is 4.57 Å². The van der Waals surface area contributed by atoms with E-state index in [0.29, 0.717) is 22.9 Å². The molecule has 0 aliphatic carbocycles. The van der Waals surface area contributed by atoms with Crippen LogP contribution in [0.5, 0.6) is 5.75 Å². The third-order valence-electron chi connectivity index (χ3n) is 5.44. The van der Waals surface area contributed by atoms with Gasteiger partial charge in [0.25, 0.3) is 0 Å². The van der Waals surface area contributed by atoms with Crippen molar-refractivity contribution in [2.24, 2.45) is 5.73 Å². The summed E-state index contributed by atoms with van der Waals surface area (Å²) in [5.74, 6) is -1.80. The summed E-state index contributed by atoms with van der Waals surface area (Å²) >= 11 is 0. The van der Waals surface area contributed by atoms with Gasteiger partial charge in [-0.1, -0.05) is 26.0 Å². The molecule has 170 valence electrons. The Bertz CT molecular complexity index is 1190. The average molecular weight is 446 g/mol. The van der Waals surface area contributed by atoms with E-state index in [2.05, 4.69) is 13.8 Å². The van der Waals surface area contributed by atoms with E-state index in [-0.39, 0.29) is 17.7 Å². The maximum atomic E-state index is 12.9. The summed E-state index contributed by atoms with van der Waals surface area (Å²) in [5, 5.41) is 9.78. The van der Waals surface area contributed by atoms with E-state index in [1.807, 2.05) is 30.3 Å². The van der Waals surface area contributed by atoms with Gasteiger partial charge < -0.3 is 19.8 Å². The number of carbonyl (C=O) groups is 2. The molecule has 7 heteroatoms. The Hall–Kier alpha value is -4.05. The predicted molar refractivity (Wildman–Crippen MR) is 125 cm³/mol. The highest BCUT2D eigenvalue weighted by atomic mass is 16.5. The van der Waals surface area contributed by atoms with Crippen molar-refractivity contribution in [3.05, 3.63) is 71.4 Å². The Labute approximate surface area is 193 Å². The van der Waals surface area contributed by atoms with E-state index in [1.165, 1.54) is 0 Å². The number of benzene rings is 2. The van der Waals surface area contributed by atoms with Gasteiger partial charge >= 0.3 is 5.97 Å². The molecule has 0 saturated carbocycles. The summed E-state index contributed by atoms with van der Waals surface area (Å²) in [5.41, 5.74) is 9.06. The minimum absolute atomic E-state index is 0.126. The van der Waals surface area contributed by atoms with Gasteiger partial charge in [-0.05, 0) is 60.4 Å². The second-order valence-electron chi connectivity index (χ2n) is 7.83. The summed E-state index contributed by atoms with van der Waals surface area (Å²) in [7, 11) is 1.57. The molecule has 0 bridgehead atoms. The molecule has 33 heavy (non-hydrogen) atoms. The summed E-state index contributed by atoms with van der Waals surface area (Å²) in [4.78, 5) is 25.1. The highest BCUT2D eigenvalue weighted by molar-refractivity contribution is 5.99. The lowest BCUT2D eigenvalue weighted by molar-refractivity contribution is -0.118. The zero-order valence-electron chi connectivity index (χ0n) is 19.2. The van der Waals surface area contributed by atoms with Gasteiger partial charge in [-0.3, -0.25) is 4.79 Å². The fraction of sp³-hybridized carbons (Fsp3) is 0.269. The van der Waals surface area contributed by atoms with Crippen LogP contribution in [0.1, 0.15) is 54.1 Å². The normalized spacial score (nSPS) is 11.6. The smallest absolute Gasteiger partial charge is 0.340 e. The molecule has 1 aromatic heterocycles. The number of nitrogens with zero attached hydrogens (tertiary/aromatic N) is 2. The van der Waals surface area contributed by atoms with E-state index < -0.39 is 17.8 Å². The van der Waals surface area contributed by atoms with E-state index >= 15 is 0 Å². The SMILES string of the molecule is CCOC(=O)c1cn(-c2ccc(C(C)C)cc2)c(-c2ccc(OC)cc2)c1C(C#N)C(N)=O. The van der Waals surface area contributed by atoms with E-state index in [0.717, 1.165) is 11.3 Å². The molecule has 1 heterocycles. The van der Waals surface area contributed by atoms with Crippen molar-refractivity contribution >= 4 is 11.9 Å². The molecule has 0 radical (unpaired) electrons. The zero-order valence-corrected chi connectivity index (χ0v) is 19.2. The first-order chi connectivity index (χ1) is 15.8. The molecular weight excluding hydrogens is 418 g/mol. The number of nitriles is 1. The second kappa shape index (κ2) is 10.0. The molecule has 0 spiro atoms. The van der Waals surface area contributed by atoms with Gasteiger partial charge in [0.05, 0.1) is 31.0 Å². The first kappa shape index (κ1) is 23.6. The largest absolute Gasteiger partial charge is 0.497 e. The fourth-order valence-corrected chi connectivity index (χ4v) is 3.72. The molecule has 1 amide bonds. The Morgan fingerprint density at radius 3 is 2.21 bits per heavy atom. The first-order valence-corrected chi connectivity index (χ1v) is 10.7. The number of amides is 1. The van der Waals surface area contributed by atoms with Gasteiger partial charge in [-0.2, -0.15) is 5.26 Å². The van der Waals surface area contributed by atoms with E-state index in [4.69, 9.17) is 15.2 Å². The number of carbonyl (C=O) groups excluding carboxylic acids is 2. The van der Waals surface area contributed by atoms with Crippen LogP contribution in [-0.4, -0.2) is 30.2 Å². The summed E-state index contributed by atoms with van der Waals surface area (Å²) in [6.45, 7) is 6.06. The first-order valence-electron chi connectivity index (χ1n) is 10.7. The van der Waals surface area contributed by atoms with Crippen LogP contribution in [0.3, 0.4) is 0 Å². The highest BCUT2D eigenvalue weighted by Crippen LogP contribution is 2.37. The molecule has 7 nitrogen and oxygen atoms in total. The maximum absolute atomic E-state index is 12.9. The van der Waals surface area contributed by atoms with Crippen molar-refractivity contribution in [2.45, 2.75) is 32.6 Å². The summed E-state index contributed by atoms with van der Waals surface area (Å²) in [6.07, 6.45) is 1.60. The lowest BCUT2D eigenvalue weighted by atomic mass is 9.93. The standard InChI is InChI=1S/C26H27N3O4/c1-5-33-26(31)22-15-29(19-10-6-17(7-11-19)16(2)3)24(23(22)21(14-27)25(28)30)18-8-12-20(32-4)13-9-18/h6-13,15-16,21H,5H2,1-4H3,(H2,28,30). The number of hydrogen-bond donors (Lipinski definition) is 1. The monoisotopic (exact) mass is 445 g/mol. The van der Waals surface area contributed by atoms with Gasteiger partial charge in [0.15, 0.2) is 5.92 Å². The van der Waals surface area contributed by atoms with Gasteiger partial charge in [0.2, 0.25) is 5.91 Å². The van der Waals surface area contributed by atoms with Crippen molar-refractivity contribution in [3.8, 4) is 28.8 Å². The minimum atomic E-state index is -1.34. The van der Waals surface area contributed by atoms with Crippen LogP contribution < -0.4 is 10.5 Å². The molecule has 2 aromatic carbocycles. The number of esters is 1. The van der Waals surface area contributed by atoms with Crippen LogP contribution in [-0.2, 0) is 9.53 Å². The van der Waals surface area contributed by atoms with E-state index in [1.54, 1.807) is 49.1 Å². The van der Waals surface area contributed by atoms with Crippen LogP contribution in [0.25, 0.3) is 16.9 Å². The Morgan fingerprint density at radius 1 is 1.09 bits per heavy atom. The molecule has 0 fully saturated rings. The Balaban J connectivity index is 2.36. The van der Waals surface area contributed by atoms with Crippen LogP contribution in [0.4, 0.5) is 0 Å². The highest BCUT2D eigenvalue weighted by Gasteiger charge is 2.32. The van der Waals surface area contributed by atoms with Crippen LogP contribution in [0.15, 0.2) is 54.7 Å². The lowest BCUT2D eigenvalue weighted by Gasteiger charge is -2.15. The van der Waals surface area contributed by atoms with Crippen molar-refractivity contribution in [3.63, 3.8) is 0 Å². The van der Waals surface area contributed by atoms with Gasteiger partial charge in [-0.15, -0.1) is 0 Å². The van der Waals surface area contributed by atoms with E-state index in [9.17, 15) is 14.9 Å². The third kappa shape index (κ3) is 4.75. The molecule has 0 aliphatic rings. The molecule has 1 atom stereocenters. The zero-order chi connectivity index (χ0) is 24.1. The number of primary amides is 1. The number of ether oxygens (including phenoxy) is 2. The third-order valence-corrected chi connectivity index (χ3v) is 5.44. The Morgan fingerprint density at radius 2 is 1.73 bits per heavy atom. The molecule has 1 unspecified atom stereocenters. The predicted octanol–water partition coefficient (Wildman–Crippen LogP) is 4.55. The molecule has 3 aromatic rings. The maximum Gasteiger partial charge on any atom is 0.340 e. The van der Waals surface area contributed by atoms with Crippen LogP contribution in [0, 0.1) is 11.3 Å². The molecule has 0 saturated heterocycles. The summed E-state index contributed by atoms with van der Waals surface area (Å²) in [6, 6.07) is 17.0. The van der Waals surface area contributed by atoms with Crippen LogP contribution in [0.2, 0.25) is 0 Å². The minimum Gasteiger partial charge on any atom is -0.497 e. The van der Waals surface area contributed by atoms with Crippen molar-refractivity contribution in [2.75, 3.05) is 13.7 Å². The number of nitrogens with two attached hydrogens (primary N) is 1. The van der Waals surface area contributed by atoms with Crippen molar-refractivity contribution in [1.29, 1.82) is 5.26 Å². The second-order valence-corrected chi connectivity index (χ2v) is 7.83. The summed E-state index contributed by atoms with van der Waals surface area (Å²) < 4.78 is 12.3. The number of aromatic nitrogens is 1. The molecule has 3 rings (SSSR count). The average Bonchev–Trinajstić information content (AvgIpc) is 3.20. The van der Waals surface area contributed by atoms with Gasteiger partial charge in [0.1, 0.15) is 5.75 Å².